The number of nitrogens with one attached hydrogen (secondary N) is 2. The van der Waals surface area contributed by atoms with Crippen LogP contribution in [-0.4, -0.2) is 37.1 Å². The number of hydrogen-bond acceptors (Lipinski definition) is 5. The van der Waals surface area contributed by atoms with Crippen LogP contribution >= 0.6 is 0 Å². The molecule has 0 bridgehead atoms. The van der Waals surface area contributed by atoms with Gasteiger partial charge in [0.25, 0.3) is 5.91 Å². The third kappa shape index (κ3) is 4.87. The molecule has 0 radical (unpaired) electrons. The van der Waals surface area contributed by atoms with Gasteiger partial charge in [0.1, 0.15) is 16.3 Å². The van der Waals surface area contributed by atoms with Crippen molar-refractivity contribution < 1.29 is 31.0 Å². The molecule has 4 rings (SSSR count). The lowest BCUT2D eigenvalue weighted by molar-refractivity contribution is -0.160. The quantitative estimate of drug-likeness (QED) is 0.562. The van der Waals surface area contributed by atoms with E-state index in [1.165, 1.54) is 19.2 Å². The van der Waals surface area contributed by atoms with Crippen molar-refractivity contribution in [3.8, 4) is 0 Å². The average Bonchev–Trinajstić information content (AvgIpc) is 3.39. The second kappa shape index (κ2) is 7.47. The first-order valence-electron chi connectivity index (χ1n) is 10.1. The fraction of sp³-hybridized carbons (Fsp3) is 0.550. The minimum atomic E-state index is -4.88. The average molecular weight is 491 g/mol. The van der Waals surface area contributed by atoms with Gasteiger partial charge in [-0.25, -0.2) is 22.8 Å². The Hall–Kier alpha value is -2.57. The normalized spacial score (nSPS) is 21.2. The van der Waals surface area contributed by atoms with Gasteiger partial charge >= 0.3 is 6.18 Å². The summed E-state index contributed by atoms with van der Waals surface area (Å²) in [4.78, 5) is 16.9. The zero-order chi connectivity index (χ0) is 24.4. The zero-order valence-electron chi connectivity index (χ0n) is 17.8. The molecule has 0 aromatic carbocycles. The first kappa shape index (κ1) is 23.6. The van der Waals surface area contributed by atoms with Crippen molar-refractivity contribution in [1.82, 2.24) is 14.8 Å². The minimum absolute atomic E-state index is 0.00191. The SMILES string of the molecule is CC1(Cn2nc(C3CC3)c(C(F)(F)F)c2C(=O)Nc2ccnc([S@](C)(=N)=O)c2)CC(F)(F)C1. The summed E-state index contributed by atoms with van der Waals surface area (Å²) in [6, 6.07) is 2.44. The topological polar surface area (TPSA) is 101 Å². The fourth-order valence-corrected chi connectivity index (χ4v) is 4.92. The van der Waals surface area contributed by atoms with E-state index in [0.717, 1.165) is 17.0 Å². The van der Waals surface area contributed by atoms with Crippen molar-refractivity contribution in [1.29, 1.82) is 4.78 Å². The molecular weight excluding hydrogens is 469 g/mol. The van der Waals surface area contributed by atoms with Gasteiger partial charge in [0.2, 0.25) is 5.92 Å². The summed E-state index contributed by atoms with van der Waals surface area (Å²) in [5.74, 6) is -4.46. The maximum Gasteiger partial charge on any atom is 0.420 e. The molecule has 1 atom stereocenters. The molecule has 13 heteroatoms. The number of alkyl halides is 5. The molecule has 0 saturated heterocycles. The molecule has 1 amide bonds. The summed E-state index contributed by atoms with van der Waals surface area (Å²) in [7, 11) is -3.23. The highest BCUT2D eigenvalue weighted by Crippen LogP contribution is 2.53. The molecule has 180 valence electrons. The highest BCUT2D eigenvalue weighted by molar-refractivity contribution is 7.91. The lowest BCUT2D eigenvalue weighted by Crippen LogP contribution is -2.47. The van der Waals surface area contributed by atoms with Gasteiger partial charge in [0, 0.05) is 43.4 Å². The van der Waals surface area contributed by atoms with Crippen LogP contribution in [0, 0.1) is 10.2 Å². The summed E-state index contributed by atoms with van der Waals surface area (Å²) in [6.07, 6.45) is -2.61. The van der Waals surface area contributed by atoms with Crippen molar-refractivity contribution >= 4 is 21.3 Å². The van der Waals surface area contributed by atoms with Crippen LogP contribution in [0.25, 0.3) is 0 Å². The molecule has 33 heavy (non-hydrogen) atoms. The molecular formula is C20H22F5N5O2S. The van der Waals surface area contributed by atoms with Gasteiger partial charge in [-0.15, -0.1) is 0 Å². The van der Waals surface area contributed by atoms with Crippen LogP contribution in [0.3, 0.4) is 0 Å². The van der Waals surface area contributed by atoms with E-state index in [1.54, 1.807) is 0 Å². The standard InChI is InChI=1S/C20H22F5N5O2S/c1-18(8-19(21,22)9-18)10-30-16(14(20(23,24)25)15(29-30)11-3-4-11)17(31)28-12-5-6-27-13(7-12)33(2,26)32/h5-7,11,26H,3-4,8-10H2,1-2H3,(H,27,28,31)/t33-/m1/s1. The van der Waals surface area contributed by atoms with Crippen molar-refractivity contribution in [3.05, 3.63) is 35.3 Å². The highest BCUT2D eigenvalue weighted by Gasteiger charge is 2.55. The Morgan fingerprint density at radius 2 is 1.97 bits per heavy atom. The monoisotopic (exact) mass is 491 g/mol. The lowest BCUT2D eigenvalue weighted by Gasteiger charge is -2.44. The summed E-state index contributed by atoms with van der Waals surface area (Å²) < 4.78 is 89.6. The van der Waals surface area contributed by atoms with E-state index >= 15 is 0 Å². The molecule has 2 heterocycles. The van der Waals surface area contributed by atoms with Gasteiger partial charge < -0.3 is 5.32 Å². The molecule has 7 nitrogen and oxygen atoms in total. The van der Waals surface area contributed by atoms with Gasteiger partial charge in [-0.05, 0) is 30.4 Å². The number of anilines is 1. The molecule has 2 fully saturated rings. The van der Waals surface area contributed by atoms with Gasteiger partial charge in [-0.1, -0.05) is 6.92 Å². The molecule has 2 N–H and O–H groups in total. The Morgan fingerprint density at radius 3 is 2.48 bits per heavy atom. The second-order valence-electron chi connectivity index (χ2n) is 9.24. The predicted molar refractivity (Wildman–Crippen MR) is 109 cm³/mol. The van der Waals surface area contributed by atoms with Crippen LogP contribution in [-0.2, 0) is 22.5 Å². The smallest absolute Gasteiger partial charge is 0.320 e. The maximum absolute atomic E-state index is 14.1. The molecule has 2 aliphatic carbocycles. The van der Waals surface area contributed by atoms with Gasteiger partial charge in [-0.2, -0.15) is 18.3 Å². The Labute approximate surface area is 186 Å². The van der Waals surface area contributed by atoms with E-state index < -0.39 is 63.2 Å². The van der Waals surface area contributed by atoms with Gasteiger partial charge in [-0.3, -0.25) is 9.48 Å². The number of nitrogens with zero attached hydrogens (tertiary/aromatic N) is 3. The third-order valence-corrected chi connectivity index (χ3v) is 6.76. The summed E-state index contributed by atoms with van der Waals surface area (Å²) in [5, 5.41) is 6.27. The first-order valence-corrected chi connectivity index (χ1v) is 12.1. The summed E-state index contributed by atoms with van der Waals surface area (Å²) in [5.41, 5.74) is -3.16. The number of pyridine rings is 1. The van der Waals surface area contributed by atoms with Gasteiger partial charge in [0.05, 0.1) is 15.4 Å². The van der Waals surface area contributed by atoms with Crippen molar-refractivity contribution in [2.45, 2.75) is 62.2 Å². The summed E-state index contributed by atoms with van der Waals surface area (Å²) >= 11 is 0. The number of rotatable bonds is 6. The number of aromatic nitrogens is 3. The molecule has 2 saturated carbocycles. The molecule has 0 aliphatic heterocycles. The third-order valence-electron chi connectivity index (χ3n) is 5.74. The largest absolute Gasteiger partial charge is 0.420 e. The van der Waals surface area contributed by atoms with Crippen LogP contribution in [0.5, 0.6) is 0 Å². The van der Waals surface area contributed by atoms with E-state index in [9.17, 15) is 31.0 Å². The Morgan fingerprint density at radius 1 is 1.33 bits per heavy atom. The number of carbonyl (C=O) groups is 1. The predicted octanol–water partition coefficient (Wildman–Crippen LogP) is 4.90. The summed E-state index contributed by atoms with van der Waals surface area (Å²) in [6.45, 7) is 1.26. The van der Waals surface area contributed by atoms with Crippen LogP contribution in [0.2, 0.25) is 0 Å². The minimum Gasteiger partial charge on any atom is -0.320 e. The van der Waals surface area contributed by atoms with Crippen LogP contribution in [0.1, 0.15) is 60.3 Å². The molecule has 2 aromatic heterocycles. The first-order chi connectivity index (χ1) is 15.1. The van der Waals surface area contributed by atoms with Crippen LogP contribution < -0.4 is 5.32 Å². The lowest BCUT2D eigenvalue weighted by atomic mass is 9.67. The van der Waals surface area contributed by atoms with Crippen LogP contribution in [0.15, 0.2) is 23.4 Å². The second-order valence-corrected chi connectivity index (χ2v) is 11.3. The molecule has 2 aliphatic rings. The molecule has 0 unspecified atom stereocenters. The Balaban J connectivity index is 1.74. The van der Waals surface area contributed by atoms with E-state index in [-0.39, 0.29) is 23.0 Å². The zero-order valence-corrected chi connectivity index (χ0v) is 18.6. The van der Waals surface area contributed by atoms with E-state index in [2.05, 4.69) is 15.4 Å². The van der Waals surface area contributed by atoms with Gasteiger partial charge in [0.15, 0.2) is 0 Å². The van der Waals surface area contributed by atoms with Crippen molar-refractivity contribution in [2.75, 3.05) is 11.6 Å². The van der Waals surface area contributed by atoms with E-state index in [4.69, 9.17) is 4.78 Å². The number of halogens is 5. The highest BCUT2D eigenvalue weighted by atomic mass is 32.2. The number of amides is 1. The number of carbonyl (C=O) groups excluding carboxylic acids is 1. The van der Waals surface area contributed by atoms with E-state index in [0.29, 0.717) is 12.8 Å². The molecule has 0 spiro atoms. The van der Waals surface area contributed by atoms with E-state index in [1.807, 2.05) is 0 Å². The Kier molecular flexibility index (Phi) is 5.34. The fourth-order valence-electron chi connectivity index (χ4n) is 4.31. The van der Waals surface area contributed by atoms with Crippen LogP contribution in [0.4, 0.5) is 27.6 Å². The molecule has 2 aromatic rings. The van der Waals surface area contributed by atoms with Crippen molar-refractivity contribution in [3.63, 3.8) is 0 Å². The maximum atomic E-state index is 14.1. The van der Waals surface area contributed by atoms with Crippen molar-refractivity contribution in [2.24, 2.45) is 5.41 Å². The number of hydrogen-bond donors (Lipinski definition) is 2. The Bertz CT molecular complexity index is 1210.